The quantitative estimate of drug-likeness (QED) is 0.168. The number of hydrogen-bond donors (Lipinski definition) is 0. The predicted octanol–water partition coefficient (Wildman–Crippen LogP) is 13.6. The fourth-order valence-corrected chi connectivity index (χ4v) is 8.11. The molecule has 256 valence electrons. The summed E-state index contributed by atoms with van der Waals surface area (Å²) in [4.78, 5) is 15.4. The zero-order valence-corrected chi connectivity index (χ0v) is 29.6. The van der Waals surface area contributed by atoms with Crippen LogP contribution < -0.4 is 0 Å². The van der Waals surface area contributed by atoms with Crippen molar-refractivity contribution in [3.05, 3.63) is 188 Å². The molecule has 11 aromatic rings. The van der Waals surface area contributed by atoms with E-state index in [4.69, 9.17) is 19.4 Å². The van der Waals surface area contributed by atoms with Crippen LogP contribution >= 0.6 is 0 Å². The molecule has 0 aliphatic rings. The smallest absolute Gasteiger partial charge is 0.164 e. The van der Waals surface area contributed by atoms with Gasteiger partial charge in [-0.1, -0.05) is 164 Å². The minimum Gasteiger partial charge on any atom is -0.455 e. The van der Waals surface area contributed by atoms with Gasteiger partial charge in [0.15, 0.2) is 17.5 Å². The molecule has 0 spiro atoms. The van der Waals surface area contributed by atoms with Gasteiger partial charge in [0, 0.05) is 33.0 Å². The van der Waals surface area contributed by atoms with Gasteiger partial charge in [0.1, 0.15) is 11.2 Å². The van der Waals surface area contributed by atoms with Crippen LogP contribution in [0.25, 0.3) is 111 Å². The second kappa shape index (κ2) is 12.6. The van der Waals surface area contributed by atoms with Crippen LogP contribution in [0.4, 0.5) is 0 Å². The van der Waals surface area contributed by atoms with Crippen molar-refractivity contribution in [2.75, 3.05) is 0 Å². The third kappa shape index (κ3) is 5.19. The van der Waals surface area contributed by atoms with Crippen LogP contribution in [-0.2, 0) is 0 Å². The van der Waals surface area contributed by atoms with Gasteiger partial charge in [0.25, 0.3) is 0 Å². The van der Waals surface area contributed by atoms with E-state index < -0.39 is 0 Å². The molecule has 4 heteroatoms. The van der Waals surface area contributed by atoms with Crippen LogP contribution in [0.15, 0.2) is 192 Å². The average molecular weight is 702 g/mol. The van der Waals surface area contributed by atoms with E-state index in [1.54, 1.807) is 0 Å². The summed E-state index contributed by atoms with van der Waals surface area (Å²) in [6.07, 6.45) is 0. The third-order valence-corrected chi connectivity index (χ3v) is 10.7. The van der Waals surface area contributed by atoms with Gasteiger partial charge in [0.2, 0.25) is 0 Å². The second-order valence-electron chi connectivity index (χ2n) is 13.9. The van der Waals surface area contributed by atoms with Crippen LogP contribution in [-0.4, -0.2) is 15.0 Å². The number of fused-ring (bicyclic) bond motifs is 8. The maximum atomic E-state index is 6.60. The molecule has 0 saturated carbocycles. The van der Waals surface area contributed by atoms with E-state index in [0.29, 0.717) is 17.5 Å². The van der Waals surface area contributed by atoms with Crippen LogP contribution in [0.3, 0.4) is 0 Å². The lowest BCUT2D eigenvalue weighted by atomic mass is 9.90. The van der Waals surface area contributed by atoms with Gasteiger partial charge in [0.05, 0.1) is 0 Å². The molecule has 0 atom stereocenters. The Bertz CT molecular complexity index is 3240. The first-order valence-electron chi connectivity index (χ1n) is 18.5. The topological polar surface area (TPSA) is 51.8 Å². The van der Waals surface area contributed by atoms with Crippen molar-refractivity contribution in [3.63, 3.8) is 0 Å². The number of para-hydroxylation sites is 1. The standard InChI is InChI=1S/C51H31N3O/c1-3-13-32(14-4-1)40-29-30-43(47-42-21-11-12-22-45(42)55-48(40)47)51-53-49(35-16-5-2-6-17-35)52-50(54-51)36-25-23-34(24-26-36)44-31-37-18-8-9-19-38(37)41-28-27-33-15-7-10-20-39(33)46(41)44/h1-31H. The highest BCUT2D eigenvalue weighted by atomic mass is 16.3. The van der Waals surface area contributed by atoms with Crippen molar-refractivity contribution in [1.29, 1.82) is 0 Å². The maximum absolute atomic E-state index is 6.60. The fraction of sp³-hybridized carbons (Fsp3) is 0. The lowest BCUT2D eigenvalue weighted by Gasteiger charge is -2.14. The maximum Gasteiger partial charge on any atom is 0.164 e. The largest absolute Gasteiger partial charge is 0.455 e. The van der Waals surface area contributed by atoms with Gasteiger partial charge in [-0.2, -0.15) is 0 Å². The Morgan fingerprint density at radius 1 is 0.309 bits per heavy atom. The summed E-state index contributed by atoms with van der Waals surface area (Å²) >= 11 is 0. The number of furan rings is 1. The average Bonchev–Trinajstić information content (AvgIpc) is 3.66. The third-order valence-electron chi connectivity index (χ3n) is 10.7. The molecule has 2 heterocycles. The van der Waals surface area contributed by atoms with E-state index in [2.05, 4.69) is 133 Å². The van der Waals surface area contributed by atoms with Crippen LogP contribution in [0.2, 0.25) is 0 Å². The molecule has 2 aromatic heterocycles. The summed E-state index contributed by atoms with van der Waals surface area (Å²) < 4.78 is 6.60. The first-order chi connectivity index (χ1) is 27.3. The first kappa shape index (κ1) is 31.1. The fourth-order valence-electron chi connectivity index (χ4n) is 8.11. The molecule has 11 rings (SSSR count). The van der Waals surface area contributed by atoms with Crippen molar-refractivity contribution >= 4 is 54.3 Å². The molecule has 0 N–H and O–H groups in total. The molecule has 0 radical (unpaired) electrons. The van der Waals surface area contributed by atoms with E-state index in [1.807, 2.05) is 54.6 Å². The second-order valence-corrected chi connectivity index (χ2v) is 13.9. The number of benzene rings is 9. The molecule has 0 unspecified atom stereocenters. The summed E-state index contributed by atoms with van der Waals surface area (Å²) in [5, 5.41) is 9.46. The number of hydrogen-bond acceptors (Lipinski definition) is 4. The van der Waals surface area contributed by atoms with Gasteiger partial charge < -0.3 is 4.42 Å². The van der Waals surface area contributed by atoms with Crippen molar-refractivity contribution in [3.8, 4) is 56.4 Å². The summed E-state index contributed by atoms with van der Waals surface area (Å²) in [5.74, 6) is 1.82. The highest BCUT2D eigenvalue weighted by molar-refractivity contribution is 6.23. The Labute approximate surface area is 317 Å². The molecular weight excluding hydrogens is 671 g/mol. The Kier molecular flexibility index (Phi) is 7.14. The molecule has 0 aliphatic heterocycles. The van der Waals surface area contributed by atoms with Gasteiger partial charge >= 0.3 is 0 Å². The van der Waals surface area contributed by atoms with Crippen molar-refractivity contribution in [2.24, 2.45) is 0 Å². The van der Waals surface area contributed by atoms with Crippen LogP contribution in [0.5, 0.6) is 0 Å². The molecule has 4 nitrogen and oxygen atoms in total. The Morgan fingerprint density at radius 2 is 0.855 bits per heavy atom. The van der Waals surface area contributed by atoms with Crippen molar-refractivity contribution in [1.82, 2.24) is 15.0 Å². The molecular formula is C51H31N3O. The summed E-state index contributed by atoms with van der Waals surface area (Å²) in [5.41, 5.74) is 8.82. The minimum absolute atomic E-state index is 0.594. The van der Waals surface area contributed by atoms with E-state index in [9.17, 15) is 0 Å². The molecule has 9 aromatic carbocycles. The van der Waals surface area contributed by atoms with Gasteiger partial charge in [-0.3, -0.25) is 0 Å². The first-order valence-corrected chi connectivity index (χ1v) is 18.5. The lowest BCUT2D eigenvalue weighted by molar-refractivity contribution is 0.670. The summed E-state index contributed by atoms with van der Waals surface area (Å²) in [7, 11) is 0. The normalized spacial score (nSPS) is 11.6. The SMILES string of the molecule is c1ccc(-c2nc(-c3ccc(-c4cc5ccccc5c5ccc6ccccc6c45)cc3)nc(-c3ccc(-c4ccccc4)c4oc5ccccc5c34)n2)cc1. The van der Waals surface area contributed by atoms with E-state index in [0.717, 1.165) is 55.3 Å². The number of rotatable bonds is 5. The van der Waals surface area contributed by atoms with Gasteiger partial charge in [-0.05, 0) is 73.3 Å². The van der Waals surface area contributed by atoms with Crippen molar-refractivity contribution in [2.45, 2.75) is 0 Å². The Balaban J connectivity index is 1.11. The molecule has 0 saturated heterocycles. The van der Waals surface area contributed by atoms with E-state index in [-0.39, 0.29) is 0 Å². The summed E-state index contributed by atoms with van der Waals surface area (Å²) in [6.45, 7) is 0. The predicted molar refractivity (Wildman–Crippen MR) is 227 cm³/mol. The molecule has 0 aliphatic carbocycles. The molecule has 55 heavy (non-hydrogen) atoms. The zero-order chi connectivity index (χ0) is 36.3. The van der Waals surface area contributed by atoms with E-state index >= 15 is 0 Å². The number of nitrogens with zero attached hydrogens (tertiary/aromatic N) is 3. The Hall–Kier alpha value is -7.43. The molecule has 0 amide bonds. The summed E-state index contributed by atoms with van der Waals surface area (Å²) in [6, 6.07) is 65.7. The molecule has 0 bridgehead atoms. The van der Waals surface area contributed by atoms with E-state index in [1.165, 1.54) is 37.9 Å². The Morgan fingerprint density at radius 3 is 1.62 bits per heavy atom. The van der Waals surface area contributed by atoms with Crippen LogP contribution in [0.1, 0.15) is 0 Å². The lowest BCUT2D eigenvalue weighted by Crippen LogP contribution is -2.00. The van der Waals surface area contributed by atoms with Gasteiger partial charge in [-0.25, -0.2) is 15.0 Å². The van der Waals surface area contributed by atoms with Gasteiger partial charge in [-0.15, -0.1) is 0 Å². The minimum atomic E-state index is 0.594. The van der Waals surface area contributed by atoms with Crippen molar-refractivity contribution < 1.29 is 4.42 Å². The number of aromatic nitrogens is 3. The molecule has 0 fully saturated rings. The highest BCUT2D eigenvalue weighted by Crippen LogP contribution is 2.42. The monoisotopic (exact) mass is 701 g/mol. The van der Waals surface area contributed by atoms with Crippen LogP contribution in [0, 0.1) is 0 Å². The zero-order valence-electron chi connectivity index (χ0n) is 29.6. The highest BCUT2D eigenvalue weighted by Gasteiger charge is 2.21.